The average Bonchev–Trinajstić information content (AvgIpc) is 3.44. The zero-order valence-electron chi connectivity index (χ0n) is 22.6. The summed E-state index contributed by atoms with van der Waals surface area (Å²) in [7, 11) is 1.58. The van der Waals surface area contributed by atoms with Crippen LogP contribution in [0.4, 0.5) is 0 Å². The molecule has 0 aliphatic heterocycles. The van der Waals surface area contributed by atoms with Crippen molar-refractivity contribution in [2.75, 3.05) is 12.9 Å². The standard InChI is InChI=1S/C31H28N6O3S/c1-22-8-11-26(12-9-22)37-30(25-14-16-32-17-15-25)35-36-31(37)41-21-29(38)34-33-19-24-10-13-27(28(18-24)39-2)40-20-23-6-4-3-5-7-23/h3-19H,20-21H2,1-2H3,(H,34,38)/b33-19+. The Morgan fingerprint density at radius 3 is 2.51 bits per heavy atom. The summed E-state index contributed by atoms with van der Waals surface area (Å²) < 4.78 is 13.3. The van der Waals surface area contributed by atoms with Crippen LogP contribution in [0.5, 0.6) is 11.5 Å². The highest BCUT2D eigenvalue weighted by Gasteiger charge is 2.17. The summed E-state index contributed by atoms with van der Waals surface area (Å²) in [6, 6.07) is 27.2. The molecule has 206 valence electrons. The average molecular weight is 565 g/mol. The molecule has 0 saturated heterocycles. The zero-order chi connectivity index (χ0) is 28.4. The van der Waals surface area contributed by atoms with Crippen molar-refractivity contribution in [1.29, 1.82) is 0 Å². The maximum atomic E-state index is 12.6. The quantitative estimate of drug-likeness (QED) is 0.129. The summed E-state index contributed by atoms with van der Waals surface area (Å²) in [6.07, 6.45) is 4.98. The van der Waals surface area contributed by atoms with E-state index in [1.54, 1.807) is 31.8 Å². The number of hydrogen-bond acceptors (Lipinski definition) is 8. The SMILES string of the molecule is COc1cc(/C=N/NC(=O)CSc2nnc(-c3ccncc3)n2-c2ccc(C)cc2)ccc1OCc1ccccc1. The van der Waals surface area contributed by atoms with E-state index in [9.17, 15) is 4.79 Å². The molecule has 0 aliphatic carbocycles. The van der Waals surface area contributed by atoms with Gasteiger partial charge in [0, 0.05) is 23.6 Å². The molecular weight excluding hydrogens is 536 g/mol. The molecule has 5 rings (SSSR count). The van der Waals surface area contributed by atoms with Crippen LogP contribution >= 0.6 is 11.8 Å². The lowest BCUT2D eigenvalue weighted by molar-refractivity contribution is -0.118. The van der Waals surface area contributed by atoms with Crippen LogP contribution in [0.25, 0.3) is 17.1 Å². The van der Waals surface area contributed by atoms with Gasteiger partial charge in [-0.25, -0.2) is 5.43 Å². The lowest BCUT2D eigenvalue weighted by Gasteiger charge is -2.11. The molecule has 0 bridgehead atoms. The third-order valence-electron chi connectivity index (χ3n) is 6.02. The second kappa shape index (κ2) is 13.4. The fraction of sp³-hybridized carbons (Fsp3) is 0.129. The third kappa shape index (κ3) is 7.17. The smallest absolute Gasteiger partial charge is 0.250 e. The summed E-state index contributed by atoms with van der Waals surface area (Å²) in [5, 5.41) is 13.5. The van der Waals surface area contributed by atoms with Crippen molar-refractivity contribution in [3.63, 3.8) is 0 Å². The number of pyridine rings is 1. The molecule has 5 aromatic rings. The number of nitrogens with zero attached hydrogens (tertiary/aromatic N) is 5. The minimum Gasteiger partial charge on any atom is -0.493 e. The number of nitrogens with one attached hydrogen (secondary N) is 1. The van der Waals surface area contributed by atoms with Gasteiger partial charge in [0.1, 0.15) is 6.61 Å². The predicted octanol–water partition coefficient (Wildman–Crippen LogP) is 5.47. The van der Waals surface area contributed by atoms with E-state index >= 15 is 0 Å². The Kier molecular flexibility index (Phi) is 9.02. The number of thioether (sulfide) groups is 1. The van der Waals surface area contributed by atoms with E-state index in [1.165, 1.54) is 11.8 Å². The number of aromatic nitrogens is 4. The highest BCUT2D eigenvalue weighted by molar-refractivity contribution is 7.99. The third-order valence-corrected chi connectivity index (χ3v) is 6.95. The summed E-state index contributed by atoms with van der Waals surface area (Å²) in [4.78, 5) is 16.7. The van der Waals surface area contributed by atoms with Gasteiger partial charge in [-0.15, -0.1) is 10.2 Å². The van der Waals surface area contributed by atoms with E-state index in [4.69, 9.17) is 9.47 Å². The molecule has 0 saturated carbocycles. The molecule has 0 atom stereocenters. The summed E-state index contributed by atoms with van der Waals surface area (Å²) in [5.74, 6) is 1.70. The molecule has 1 N–H and O–H groups in total. The molecule has 10 heteroatoms. The van der Waals surface area contributed by atoms with Gasteiger partial charge in [-0.2, -0.15) is 5.10 Å². The van der Waals surface area contributed by atoms with E-state index in [0.29, 0.717) is 29.1 Å². The van der Waals surface area contributed by atoms with Crippen LogP contribution in [0.3, 0.4) is 0 Å². The van der Waals surface area contributed by atoms with Gasteiger partial charge in [-0.05, 0) is 60.5 Å². The molecule has 0 unspecified atom stereocenters. The van der Waals surface area contributed by atoms with Crippen LogP contribution in [0, 0.1) is 6.92 Å². The molecule has 0 fully saturated rings. The number of aryl methyl sites for hydroxylation is 1. The minimum absolute atomic E-state index is 0.104. The van der Waals surface area contributed by atoms with Crippen LogP contribution in [0.15, 0.2) is 108 Å². The molecule has 3 aromatic carbocycles. The van der Waals surface area contributed by atoms with Crippen LogP contribution in [-0.4, -0.2) is 44.7 Å². The molecular formula is C31H28N6O3S. The lowest BCUT2D eigenvalue weighted by Crippen LogP contribution is -2.20. The van der Waals surface area contributed by atoms with Gasteiger partial charge in [0.25, 0.3) is 5.91 Å². The van der Waals surface area contributed by atoms with Gasteiger partial charge in [-0.3, -0.25) is 14.3 Å². The Bertz CT molecular complexity index is 1620. The fourth-order valence-corrected chi connectivity index (χ4v) is 4.68. The maximum Gasteiger partial charge on any atom is 0.250 e. The summed E-state index contributed by atoms with van der Waals surface area (Å²) in [5.41, 5.74) is 7.31. The topological polar surface area (TPSA) is 104 Å². The number of hydrogen-bond donors (Lipinski definition) is 1. The number of methoxy groups -OCH3 is 1. The Balaban J connectivity index is 1.22. The Hall–Kier alpha value is -4.96. The molecule has 2 aromatic heterocycles. The number of ether oxygens (including phenoxy) is 2. The number of benzene rings is 3. The van der Waals surface area contributed by atoms with Crippen molar-refractivity contribution in [3.8, 4) is 28.6 Å². The van der Waals surface area contributed by atoms with E-state index < -0.39 is 0 Å². The maximum absolute atomic E-state index is 12.6. The molecule has 9 nitrogen and oxygen atoms in total. The van der Waals surface area contributed by atoms with Gasteiger partial charge >= 0.3 is 0 Å². The van der Waals surface area contributed by atoms with Crippen LogP contribution in [0.1, 0.15) is 16.7 Å². The number of amides is 1. The number of carbonyl (C=O) groups is 1. The monoisotopic (exact) mass is 564 g/mol. The van der Waals surface area contributed by atoms with Crippen LogP contribution in [0.2, 0.25) is 0 Å². The lowest BCUT2D eigenvalue weighted by atomic mass is 10.2. The minimum atomic E-state index is -0.273. The summed E-state index contributed by atoms with van der Waals surface area (Å²) in [6.45, 7) is 2.46. The number of hydrazone groups is 1. The normalized spacial score (nSPS) is 11.0. The van der Waals surface area contributed by atoms with E-state index in [2.05, 4.69) is 25.7 Å². The van der Waals surface area contributed by atoms with Gasteiger partial charge in [0.05, 0.1) is 19.1 Å². The zero-order valence-corrected chi connectivity index (χ0v) is 23.4. The van der Waals surface area contributed by atoms with Crippen molar-refractivity contribution >= 4 is 23.9 Å². The second-order valence-electron chi connectivity index (χ2n) is 8.98. The van der Waals surface area contributed by atoms with E-state index in [1.807, 2.05) is 90.4 Å². The number of rotatable bonds is 11. The first kappa shape index (κ1) is 27.6. The Labute approximate surface area is 242 Å². The fourth-order valence-electron chi connectivity index (χ4n) is 3.94. The van der Waals surface area contributed by atoms with Gasteiger partial charge in [0.15, 0.2) is 22.5 Å². The Morgan fingerprint density at radius 2 is 1.76 bits per heavy atom. The van der Waals surface area contributed by atoms with Crippen molar-refractivity contribution in [2.24, 2.45) is 5.10 Å². The first-order chi connectivity index (χ1) is 20.1. The van der Waals surface area contributed by atoms with Gasteiger partial charge in [-0.1, -0.05) is 59.8 Å². The van der Waals surface area contributed by atoms with Crippen molar-refractivity contribution in [3.05, 3.63) is 114 Å². The first-order valence-electron chi connectivity index (χ1n) is 12.8. The highest BCUT2D eigenvalue weighted by atomic mass is 32.2. The number of carbonyl (C=O) groups excluding carboxylic acids is 1. The summed E-state index contributed by atoms with van der Waals surface area (Å²) >= 11 is 1.28. The van der Waals surface area contributed by atoms with E-state index in [-0.39, 0.29) is 11.7 Å². The molecule has 1 amide bonds. The molecule has 2 heterocycles. The largest absolute Gasteiger partial charge is 0.493 e. The Morgan fingerprint density at radius 1 is 0.976 bits per heavy atom. The molecule has 0 spiro atoms. The highest BCUT2D eigenvalue weighted by Crippen LogP contribution is 2.29. The van der Waals surface area contributed by atoms with Crippen LogP contribution < -0.4 is 14.9 Å². The van der Waals surface area contributed by atoms with Crippen molar-refractivity contribution in [2.45, 2.75) is 18.7 Å². The van der Waals surface area contributed by atoms with Gasteiger partial charge in [0.2, 0.25) is 0 Å². The second-order valence-corrected chi connectivity index (χ2v) is 9.92. The molecule has 0 radical (unpaired) electrons. The van der Waals surface area contributed by atoms with Crippen LogP contribution in [-0.2, 0) is 11.4 Å². The van der Waals surface area contributed by atoms with Crippen molar-refractivity contribution < 1.29 is 14.3 Å². The first-order valence-corrected chi connectivity index (χ1v) is 13.8. The molecule has 41 heavy (non-hydrogen) atoms. The predicted molar refractivity (Wildman–Crippen MR) is 160 cm³/mol. The molecule has 0 aliphatic rings. The van der Waals surface area contributed by atoms with E-state index in [0.717, 1.165) is 27.9 Å². The van der Waals surface area contributed by atoms with Crippen molar-refractivity contribution in [1.82, 2.24) is 25.2 Å². The van der Waals surface area contributed by atoms with Gasteiger partial charge < -0.3 is 9.47 Å².